The Morgan fingerprint density at radius 2 is 2.21 bits per heavy atom. The molecule has 0 amide bonds. The van der Waals surface area contributed by atoms with Gasteiger partial charge in [0.15, 0.2) is 5.76 Å². The highest BCUT2D eigenvalue weighted by atomic mass is 32.1. The van der Waals surface area contributed by atoms with Crippen LogP contribution in [0.5, 0.6) is 11.5 Å². The summed E-state index contributed by atoms with van der Waals surface area (Å²) in [7, 11) is 0. The second-order valence-corrected chi connectivity index (χ2v) is 8.26. The summed E-state index contributed by atoms with van der Waals surface area (Å²) >= 11 is 1.77. The number of Topliss-reactive ketones (excluding diaryl/α,β-unsaturated/α-hetero) is 1. The minimum atomic E-state index is -0.0957. The van der Waals surface area contributed by atoms with Gasteiger partial charge in [-0.1, -0.05) is 12.1 Å². The van der Waals surface area contributed by atoms with E-state index in [1.807, 2.05) is 31.2 Å². The molecule has 0 radical (unpaired) electrons. The Balaban J connectivity index is 1.43. The van der Waals surface area contributed by atoms with Gasteiger partial charge in [0, 0.05) is 30.2 Å². The molecule has 0 saturated heterocycles. The van der Waals surface area contributed by atoms with E-state index >= 15 is 0 Å². The van der Waals surface area contributed by atoms with E-state index in [1.165, 1.54) is 4.88 Å². The summed E-state index contributed by atoms with van der Waals surface area (Å²) in [4.78, 5) is 20.9. The number of fused-ring (bicyclic) bond motifs is 3. The van der Waals surface area contributed by atoms with Crippen molar-refractivity contribution in [3.63, 3.8) is 0 Å². The van der Waals surface area contributed by atoms with Crippen molar-refractivity contribution in [1.82, 2.24) is 9.88 Å². The molecule has 0 aliphatic carbocycles. The highest BCUT2D eigenvalue weighted by Gasteiger charge is 2.35. The number of benzene rings is 1. The molecule has 29 heavy (non-hydrogen) atoms. The number of nitrogens with zero attached hydrogens (tertiary/aromatic N) is 2. The van der Waals surface area contributed by atoms with Crippen molar-refractivity contribution in [2.45, 2.75) is 19.9 Å². The maximum atomic E-state index is 13.0. The third kappa shape index (κ3) is 3.45. The SMILES string of the molecule is Cc1cc2c(c3c1C(=O)/C(=C/c1ccccn1)O3)CN(CCc1cccs1)CO2. The molecule has 146 valence electrons. The average molecular weight is 404 g/mol. The lowest BCUT2D eigenvalue weighted by Crippen LogP contribution is -2.33. The molecule has 0 spiro atoms. The van der Waals surface area contributed by atoms with Crippen molar-refractivity contribution >= 4 is 23.2 Å². The molecular formula is C23H20N2O3S. The molecule has 0 unspecified atom stereocenters. The number of carbonyl (C=O) groups is 1. The zero-order valence-corrected chi connectivity index (χ0v) is 16.9. The Morgan fingerprint density at radius 3 is 3.00 bits per heavy atom. The predicted octanol–water partition coefficient (Wildman–Crippen LogP) is 4.46. The van der Waals surface area contributed by atoms with Crippen LogP contribution in [0.1, 0.15) is 32.1 Å². The van der Waals surface area contributed by atoms with Crippen molar-refractivity contribution in [3.05, 3.63) is 81.0 Å². The van der Waals surface area contributed by atoms with E-state index < -0.39 is 0 Å². The highest BCUT2D eigenvalue weighted by Crippen LogP contribution is 2.44. The Labute approximate surface area is 173 Å². The molecule has 5 rings (SSSR count). The summed E-state index contributed by atoms with van der Waals surface area (Å²) in [6.45, 7) is 4.07. The van der Waals surface area contributed by atoms with Crippen molar-refractivity contribution < 1.29 is 14.3 Å². The summed E-state index contributed by atoms with van der Waals surface area (Å²) in [5.41, 5.74) is 3.15. The molecule has 0 fully saturated rings. The minimum absolute atomic E-state index is 0.0957. The summed E-state index contributed by atoms with van der Waals surface area (Å²) in [6, 6.07) is 11.8. The Kier molecular flexibility index (Phi) is 4.66. The number of rotatable bonds is 4. The van der Waals surface area contributed by atoms with Gasteiger partial charge in [-0.3, -0.25) is 14.7 Å². The van der Waals surface area contributed by atoms with Crippen LogP contribution in [0.2, 0.25) is 0 Å². The van der Waals surface area contributed by atoms with Gasteiger partial charge in [0.1, 0.15) is 18.2 Å². The van der Waals surface area contributed by atoms with Crippen LogP contribution in [-0.4, -0.2) is 28.9 Å². The third-order valence-electron chi connectivity index (χ3n) is 5.21. The van der Waals surface area contributed by atoms with Crippen molar-refractivity contribution in [3.8, 4) is 11.5 Å². The standard InChI is InChI=1S/C23H20N2O3S/c1-15-11-19-18(13-25(14-27-19)9-7-17-6-4-10-29-17)23-21(15)22(26)20(28-23)12-16-5-2-3-8-24-16/h2-6,8,10-12H,7,9,13-14H2,1H3/b20-12-. The zero-order chi connectivity index (χ0) is 19.8. The molecule has 2 aromatic heterocycles. The van der Waals surface area contributed by atoms with E-state index in [-0.39, 0.29) is 5.78 Å². The Morgan fingerprint density at radius 1 is 1.28 bits per heavy atom. The zero-order valence-electron chi connectivity index (χ0n) is 16.1. The van der Waals surface area contributed by atoms with Crippen LogP contribution in [0.15, 0.2) is 53.7 Å². The highest BCUT2D eigenvalue weighted by molar-refractivity contribution is 7.09. The number of aryl methyl sites for hydroxylation is 1. The fourth-order valence-corrected chi connectivity index (χ4v) is 4.44. The van der Waals surface area contributed by atoms with Gasteiger partial charge in [-0.2, -0.15) is 0 Å². The second kappa shape index (κ2) is 7.46. The number of aromatic nitrogens is 1. The molecular weight excluding hydrogens is 384 g/mol. The Hall–Kier alpha value is -2.96. The number of allylic oxidation sites excluding steroid dienone is 1. The van der Waals surface area contributed by atoms with Gasteiger partial charge in [-0.05, 0) is 48.6 Å². The van der Waals surface area contributed by atoms with E-state index in [1.54, 1.807) is 23.6 Å². The number of ketones is 1. The van der Waals surface area contributed by atoms with Crippen molar-refractivity contribution in [2.24, 2.45) is 0 Å². The molecule has 2 aliphatic heterocycles. The number of hydrogen-bond donors (Lipinski definition) is 0. The molecule has 0 atom stereocenters. The van der Waals surface area contributed by atoms with Gasteiger partial charge in [-0.15, -0.1) is 11.3 Å². The normalized spacial score (nSPS) is 17.0. The van der Waals surface area contributed by atoms with E-state index in [0.29, 0.717) is 36.0 Å². The summed E-state index contributed by atoms with van der Waals surface area (Å²) < 4.78 is 12.1. The Bertz CT molecular complexity index is 1090. The molecule has 3 aromatic rings. The lowest BCUT2D eigenvalue weighted by molar-refractivity contribution is 0.0951. The predicted molar refractivity (Wildman–Crippen MR) is 112 cm³/mol. The first-order chi connectivity index (χ1) is 14.2. The van der Waals surface area contributed by atoms with Crippen LogP contribution in [-0.2, 0) is 13.0 Å². The van der Waals surface area contributed by atoms with Gasteiger partial charge < -0.3 is 9.47 Å². The summed E-state index contributed by atoms with van der Waals surface area (Å²) in [5.74, 6) is 1.65. The van der Waals surface area contributed by atoms with Crippen molar-refractivity contribution in [2.75, 3.05) is 13.3 Å². The lowest BCUT2D eigenvalue weighted by Gasteiger charge is -2.30. The number of hydrogen-bond acceptors (Lipinski definition) is 6. The van der Waals surface area contributed by atoms with Gasteiger partial charge >= 0.3 is 0 Å². The minimum Gasteiger partial charge on any atom is -0.478 e. The summed E-state index contributed by atoms with van der Waals surface area (Å²) in [6.07, 6.45) is 4.38. The fraction of sp³-hybridized carbons (Fsp3) is 0.217. The van der Waals surface area contributed by atoms with Gasteiger partial charge in [0.05, 0.1) is 16.8 Å². The second-order valence-electron chi connectivity index (χ2n) is 7.22. The van der Waals surface area contributed by atoms with Crippen LogP contribution >= 0.6 is 11.3 Å². The monoisotopic (exact) mass is 404 g/mol. The average Bonchev–Trinajstić information content (AvgIpc) is 3.36. The topological polar surface area (TPSA) is 51.7 Å². The van der Waals surface area contributed by atoms with Gasteiger partial charge in [-0.25, -0.2) is 0 Å². The van der Waals surface area contributed by atoms with Gasteiger partial charge in [0.25, 0.3) is 0 Å². The van der Waals surface area contributed by atoms with E-state index in [0.717, 1.165) is 29.8 Å². The summed E-state index contributed by atoms with van der Waals surface area (Å²) in [5, 5.41) is 2.10. The molecule has 5 nitrogen and oxygen atoms in total. The number of ether oxygens (including phenoxy) is 2. The quantitative estimate of drug-likeness (QED) is 0.601. The maximum Gasteiger partial charge on any atom is 0.232 e. The number of pyridine rings is 1. The fourth-order valence-electron chi connectivity index (χ4n) is 3.74. The largest absolute Gasteiger partial charge is 0.478 e. The van der Waals surface area contributed by atoms with Crippen LogP contribution < -0.4 is 9.47 Å². The van der Waals surface area contributed by atoms with Crippen LogP contribution in [0.25, 0.3) is 6.08 Å². The number of thiophene rings is 1. The molecule has 0 bridgehead atoms. The van der Waals surface area contributed by atoms with Crippen LogP contribution in [0.3, 0.4) is 0 Å². The van der Waals surface area contributed by atoms with Crippen molar-refractivity contribution in [1.29, 1.82) is 0 Å². The van der Waals surface area contributed by atoms with Gasteiger partial charge in [0.2, 0.25) is 5.78 Å². The molecule has 6 heteroatoms. The smallest absolute Gasteiger partial charge is 0.232 e. The van der Waals surface area contributed by atoms with E-state index in [2.05, 4.69) is 27.4 Å². The molecule has 2 aliphatic rings. The molecule has 1 aromatic carbocycles. The molecule has 0 saturated carbocycles. The first-order valence-electron chi connectivity index (χ1n) is 9.58. The van der Waals surface area contributed by atoms with E-state index in [4.69, 9.17) is 9.47 Å². The number of carbonyl (C=O) groups excluding carboxylic acids is 1. The van der Waals surface area contributed by atoms with Crippen LogP contribution in [0.4, 0.5) is 0 Å². The van der Waals surface area contributed by atoms with Crippen LogP contribution in [0, 0.1) is 6.92 Å². The maximum absolute atomic E-state index is 13.0. The first-order valence-corrected chi connectivity index (χ1v) is 10.5. The lowest BCUT2D eigenvalue weighted by atomic mass is 9.98. The molecule has 4 heterocycles. The first kappa shape index (κ1) is 18.1. The third-order valence-corrected chi connectivity index (χ3v) is 6.15. The molecule has 0 N–H and O–H groups in total. The van der Waals surface area contributed by atoms with E-state index in [9.17, 15) is 4.79 Å².